The number of hydrogen-bond acceptors (Lipinski definition) is 1. The zero-order valence-corrected chi connectivity index (χ0v) is 12.2. The van der Waals surface area contributed by atoms with Crippen LogP contribution in [0.25, 0.3) is 0 Å². The molecule has 0 spiro atoms. The third-order valence-electron chi connectivity index (χ3n) is 4.91. The second-order valence-electron chi connectivity index (χ2n) is 6.49. The minimum Gasteiger partial charge on any atom is -0.300 e. The maximum atomic E-state index is 12.3. The molecule has 1 aliphatic carbocycles. The zero-order valence-electron chi connectivity index (χ0n) is 12.2. The molecule has 1 aromatic carbocycles. The number of nitrogens with zero attached hydrogens (tertiary/aromatic N) is 1. The van der Waals surface area contributed by atoms with E-state index in [4.69, 9.17) is 0 Å². The lowest BCUT2D eigenvalue weighted by Crippen LogP contribution is -2.47. The molecule has 2 atom stereocenters. The van der Waals surface area contributed by atoms with Gasteiger partial charge in [-0.25, -0.2) is 0 Å². The maximum absolute atomic E-state index is 12.3. The topological polar surface area (TPSA) is 3.24 Å². The molecule has 2 heterocycles. The van der Waals surface area contributed by atoms with Gasteiger partial charge in [-0.05, 0) is 55.7 Å². The van der Waals surface area contributed by atoms with Crippen molar-refractivity contribution in [1.29, 1.82) is 0 Å². The smallest absolute Gasteiger partial charge is 0.300 e. The SMILES string of the molecule is FC(F)(F)CCCN1C[C@H]2CC[C@@H]1Cc1ccccc1C2. The first kappa shape index (κ1) is 14.9. The fourth-order valence-electron chi connectivity index (χ4n) is 3.86. The van der Waals surface area contributed by atoms with E-state index in [1.165, 1.54) is 17.5 Å². The zero-order chi connectivity index (χ0) is 14.9. The molecule has 1 aromatic rings. The number of halogens is 3. The Morgan fingerprint density at radius 3 is 2.48 bits per heavy atom. The maximum Gasteiger partial charge on any atom is 0.389 e. The molecule has 116 valence electrons. The van der Waals surface area contributed by atoms with Crippen LogP contribution >= 0.6 is 0 Å². The summed E-state index contributed by atoms with van der Waals surface area (Å²) in [5.41, 5.74) is 2.84. The summed E-state index contributed by atoms with van der Waals surface area (Å²) in [6.07, 6.45) is -0.0203. The van der Waals surface area contributed by atoms with E-state index in [1.54, 1.807) is 0 Å². The molecule has 1 saturated heterocycles. The Hall–Kier alpha value is -1.03. The molecule has 4 heteroatoms. The number of piperidine rings is 1. The Labute approximate surface area is 124 Å². The van der Waals surface area contributed by atoms with Crippen molar-refractivity contribution in [2.75, 3.05) is 13.1 Å². The molecule has 1 nitrogen and oxygen atoms in total. The van der Waals surface area contributed by atoms with Crippen LogP contribution in [0, 0.1) is 5.92 Å². The minimum absolute atomic E-state index is 0.231. The summed E-state index contributed by atoms with van der Waals surface area (Å²) in [5.74, 6) is 0.605. The summed E-state index contributed by atoms with van der Waals surface area (Å²) in [6, 6.07) is 8.99. The highest BCUT2D eigenvalue weighted by Gasteiger charge is 2.33. The predicted molar refractivity (Wildman–Crippen MR) is 77.2 cm³/mol. The lowest BCUT2D eigenvalue weighted by Gasteiger charge is -2.42. The van der Waals surface area contributed by atoms with E-state index < -0.39 is 12.6 Å². The van der Waals surface area contributed by atoms with Crippen LogP contribution in [0.4, 0.5) is 13.2 Å². The Bertz CT molecular complexity index is 483. The van der Waals surface area contributed by atoms with Crippen molar-refractivity contribution < 1.29 is 13.2 Å². The largest absolute Gasteiger partial charge is 0.389 e. The van der Waals surface area contributed by atoms with E-state index >= 15 is 0 Å². The van der Waals surface area contributed by atoms with Gasteiger partial charge < -0.3 is 0 Å². The monoisotopic (exact) mass is 297 g/mol. The number of fused-ring (bicyclic) bond motifs is 2. The average molecular weight is 297 g/mol. The van der Waals surface area contributed by atoms with Crippen molar-refractivity contribution in [3.8, 4) is 0 Å². The summed E-state index contributed by atoms with van der Waals surface area (Å²) in [7, 11) is 0. The molecule has 2 aliphatic heterocycles. The van der Waals surface area contributed by atoms with Gasteiger partial charge in [-0.2, -0.15) is 13.2 Å². The molecule has 0 unspecified atom stereocenters. The van der Waals surface area contributed by atoms with E-state index in [9.17, 15) is 13.2 Å². The normalized spacial score (nSPS) is 26.2. The van der Waals surface area contributed by atoms with Crippen LogP contribution in [0.5, 0.6) is 0 Å². The average Bonchev–Trinajstić information content (AvgIpc) is 2.38. The van der Waals surface area contributed by atoms with Crippen LogP contribution < -0.4 is 0 Å². The number of rotatable bonds is 3. The predicted octanol–water partition coefficient (Wildman–Crippen LogP) is 4.21. The molecule has 2 bridgehead atoms. The molecule has 3 aliphatic rings. The third-order valence-corrected chi connectivity index (χ3v) is 4.91. The van der Waals surface area contributed by atoms with Gasteiger partial charge in [-0.3, -0.25) is 4.90 Å². The second-order valence-corrected chi connectivity index (χ2v) is 6.49. The van der Waals surface area contributed by atoms with Crippen LogP contribution in [0.1, 0.15) is 36.8 Å². The molecule has 0 aromatic heterocycles. The minimum atomic E-state index is -4.02. The quantitative estimate of drug-likeness (QED) is 0.808. The molecule has 1 fully saturated rings. The van der Waals surface area contributed by atoms with Crippen molar-refractivity contribution in [2.45, 2.75) is 50.7 Å². The first-order chi connectivity index (χ1) is 10.0. The lowest BCUT2D eigenvalue weighted by atomic mass is 9.80. The summed E-state index contributed by atoms with van der Waals surface area (Å²) in [4.78, 5) is 2.32. The van der Waals surface area contributed by atoms with Gasteiger partial charge in [0.25, 0.3) is 0 Å². The van der Waals surface area contributed by atoms with E-state index in [-0.39, 0.29) is 6.42 Å². The van der Waals surface area contributed by atoms with Crippen molar-refractivity contribution in [3.63, 3.8) is 0 Å². The Kier molecular flexibility index (Phi) is 4.25. The summed E-state index contributed by atoms with van der Waals surface area (Å²) in [6.45, 7) is 1.56. The summed E-state index contributed by atoms with van der Waals surface area (Å²) in [5, 5.41) is 0. The van der Waals surface area contributed by atoms with E-state index in [0.717, 1.165) is 25.8 Å². The van der Waals surface area contributed by atoms with Crippen LogP contribution in [-0.4, -0.2) is 30.2 Å². The highest BCUT2D eigenvalue weighted by molar-refractivity contribution is 5.29. The lowest BCUT2D eigenvalue weighted by molar-refractivity contribution is -0.136. The van der Waals surface area contributed by atoms with Gasteiger partial charge in [0.2, 0.25) is 0 Å². The van der Waals surface area contributed by atoms with Crippen molar-refractivity contribution in [1.82, 2.24) is 4.90 Å². The van der Waals surface area contributed by atoms with Crippen LogP contribution in [0.3, 0.4) is 0 Å². The Morgan fingerprint density at radius 1 is 1.05 bits per heavy atom. The van der Waals surface area contributed by atoms with Gasteiger partial charge in [0.15, 0.2) is 0 Å². The molecule has 0 saturated carbocycles. The van der Waals surface area contributed by atoms with E-state index in [0.29, 0.717) is 18.5 Å². The van der Waals surface area contributed by atoms with Crippen LogP contribution in [-0.2, 0) is 12.8 Å². The van der Waals surface area contributed by atoms with Gasteiger partial charge in [0.05, 0.1) is 0 Å². The Balaban J connectivity index is 1.67. The Morgan fingerprint density at radius 2 is 1.76 bits per heavy atom. The van der Waals surface area contributed by atoms with E-state index in [2.05, 4.69) is 29.2 Å². The molecule has 0 N–H and O–H groups in total. The fraction of sp³-hybridized carbons (Fsp3) is 0.647. The summed E-state index contributed by atoms with van der Waals surface area (Å²) < 4.78 is 37.0. The van der Waals surface area contributed by atoms with Gasteiger partial charge in [-0.1, -0.05) is 24.3 Å². The molecular weight excluding hydrogens is 275 g/mol. The van der Waals surface area contributed by atoms with Gasteiger partial charge >= 0.3 is 6.18 Å². The van der Waals surface area contributed by atoms with Crippen LogP contribution in [0.15, 0.2) is 24.3 Å². The summed E-state index contributed by atoms with van der Waals surface area (Å²) >= 11 is 0. The van der Waals surface area contributed by atoms with Crippen LogP contribution in [0.2, 0.25) is 0 Å². The first-order valence-corrected chi connectivity index (χ1v) is 7.89. The van der Waals surface area contributed by atoms with E-state index in [1.807, 2.05) is 0 Å². The van der Waals surface area contributed by atoms with Gasteiger partial charge in [0.1, 0.15) is 0 Å². The number of benzene rings is 1. The first-order valence-electron chi connectivity index (χ1n) is 7.89. The molecule has 0 amide bonds. The van der Waals surface area contributed by atoms with Gasteiger partial charge in [0, 0.05) is 19.0 Å². The van der Waals surface area contributed by atoms with Gasteiger partial charge in [-0.15, -0.1) is 0 Å². The fourth-order valence-corrected chi connectivity index (χ4v) is 3.86. The standard InChI is InChI=1S/C17H22F3N/c18-17(19,20)8-3-9-21-12-13-6-7-16(21)11-15-5-2-1-4-14(15)10-13/h1-2,4-5,13,16H,3,6-12H2/t13-,16+/m0/s1. The molecule has 4 rings (SSSR count). The van der Waals surface area contributed by atoms with Crippen molar-refractivity contribution in [2.24, 2.45) is 5.92 Å². The number of hydrogen-bond donors (Lipinski definition) is 0. The highest BCUT2D eigenvalue weighted by atomic mass is 19.4. The highest BCUT2D eigenvalue weighted by Crippen LogP contribution is 2.32. The van der Waals surface area contributed by atoms with Crippen molar-refractivity contribution >= 4 is 0 Å². The molecular formula is C17H22F3N. The van der Waals surface area contributed by atoms with Crippen molar-refractivity contribution in [3.05, 3.63) is 35.4 Å². The molecule has 0 radical (unpaired) electrons. The second kappa shape index (κ2) is 5.99. The third kappa shape index (κ3) is 3.79. The molecule has 21 heavy (non-hydrogen) atoms. The number of alkyl halides is 3.